The van der Waals surface area contributed by atoms with Crippen LogP contribution in [0.5, 0.6) is 0 Å². The van der Waals surface area contributed by atoms with Crippen molar-refractivity contribution in [3.63, 3.8) is 0 Å². The lowest BCUT2D eigenvalue weighted by atomic mass is 9.77. The van der Waals surface area contributed by atoms with Gasteiger partial charge in [-0.25, -0.2) is 0 Å². The van der Waals surface area contributed by atoms with Crippen LogP contribution in [0.3, 0.4) is 0 Å². The van der Waals surface area contributed by atoms with Crippen molar-refractivity contribution >= 4 is 15.9 Å². The molecule has 122 valence electrons. The third-order valence-corrected chi connectivity index (χ3v) is 5.52. The average Bonchev–Trinajstić information content (AvgIpc) is 2.70. The van der Waals surface area contributed by atoms with E-state index in [-0.39, 0.29) is 11.0 Å². The standard InChI is InChI=1S/C17H32BrN3/c1-8-17(9-2,12-19-16(5,6)7)11-14-15(18)13(4)20-21(14)10-3/h19H,8-12H2,1-7H3. The molecule has 0 unspecified atom stereocenters. The lowest BCUT2D eigenvalue weighted by Gasteiger charge is -2.35. The van der Waals surface area contributed by atoms with Gasteiger partial charge in [0.05, 0.1) is 15.9 Å². The number of aryl methyl sites for hydroxylation is 2. The van der Waals surface area contributed by atoms with E-state index < -0.39 is 0 Å². The molecule has 0 aliphatic rings. The number of halogens is 1. The first-order chi connectivity index (χ1) is 9.68. The van der Waals surface area contributed by atoms with Crippen LogP contribution in [0.25, 0.3) is 0 Å². The van der Waals surface area contributed by atoms with Gasteiger partial charge in [-0.05, 0) is 75.2 Å². The van der Waals surface area contributed by atoms with Crippen LogP contribution < -0.4 is 5.32 Å². The van der Waals surface area contributed by atoms with Crippen LogP contribution in [0.15, 0.2) is 4.47 Å². The predicted molar refractivity (Wildman–Crippen MR) is 94.8 cm³/mol. The van der Waals surface area contributed by atoms with E-state index in [0.29, 0.717) is 0 Å². The van der Waals surface area contributed by atoms with Crippen LogP contribution in [0, 0.1) is 12.3 Å². The van der Waals surface area contributed by atoms with Gasteiger partial charge in [0, 0.05) is 18.6 Å². The summed E-state index contributed by atoms with van der Waals surface area (Å²) in [6.45, 7) is 17.5. The van der Waals surface area contributed by atoms with Crippen molar-refractivity contribution in [3.05, 3.63) is 15.9 Å². The summed E-state index contributed by atoms with van der Waals surface area (Å²) in [6.07, 6.45) is 3.41. The molecular weight excluding hydrogens is 326 g/mol. The Balaban J connectivity index is 3.02. The van der Waals surface area contributed by atoms with E-state index in [1.54, 1.807) is 0 Å². The van der Waals surface area contributed by atoms with Gasteiger partial charge in [0.1, 0.15) is 0 Å². The zero-order valence-electron chi connectivity index (χ0n) is 14.8. The fraction of sp³-hybridized carbons (Fsp3) is 0.824. The number of nitrogens with one attached hydrogen (secondary N) is 1. The molecule has 0 aromatic carbocycles. The van der Waals surface area contributed by atoms with Crippen molar-refractivity contribution in [1.29, 1.82) is 0 Å². The molecule has 0 atom stereocenters. The van der Waals surface area contributed by atoms with Gasteiger partial charge in [-0.15, -0.1) is 0 Å². The van der Waals surface area contributed by atoms with Crippen molar-refractivity contribution < 1.29 is 0 Å². The maximum atomic E-state index is 4.64. The van der Waals surface area contributed by atoms with Crippen molar-refractivity contribution in [2.24, 2.45) is 5.41 Å². The fourth-order valence-corrected chi connectivity index (χ4v) is 3.08. The molecule has 0 saturated heterocycles. The summed E-state index contributed by atoms with van der Waals surface area (Å²) in [7, 11) is 0. The first kappa shape index (κ1) is 18.7. The Kier molecular flexibility index (Phi) is 6.48. The van der Waals surface area contributed by atoms with Gasteiger partial charge in [-0.1, -0.05) is 13.8 Å². The van der Waals surface area contributed by atoms with E-state index in [9.17, 15) is 0 Å². The van der Waals surface area contributed by atoms with Crippen molar-refractivity contribution in [2.75, 3.05) is 6.54 Å². The van der Waals surface area contributed by atoms with Gasteiger partial charge in [0.2, 0.25) is 0 Å². The molecule has 4 heteroatoms. The Bertz CT molecular complexity index is 453. The number of rotatable bonds is 7. The average molecular weight is 358 g/mol. The van der Waals surface area contributed by atoms with Crippen molar-refractivity contribution in [3.8, 4) is 0 Å². The van der Waals surface area contributed by atoms with E-state index >= 15 is 0 Å². The van der Waals surface area contributed by atoms with Gasteiger partial charge in [0.15, 0.2) is 0 Å². The molecule has 0 spiro atoms. The normalized spacial score (nSPS) is 13.0. The Hall–Kier alpha value is -0.350. The van der Waals surface area contributed by atoms with Crippen LogP contribution in [0.2, 0.25) is 0 Å². The summed E-state index contributed by atoms with van der Waals surface area (Å²) >= 11 is 3.74. The topological polar surface area (TPSA) is 29.9 Å². The highest BCUT2D eigenvalue weighted by Crippen LogP contribution is 2.34. The quantitative estimate of drug-likeness (QED) is 0.765. The zero-order chi connectivity index (χ0) is 16.3. The minimum absolute atomic E-state index is 0.160. The molecule has 1 rings (SSSR count). The highest BCUT2D eigenvalue weighted by molar-refractivity contribution is 9.10. The lowest BCUT2D eigenvalue weighted by Crippen LogP contribution is -2.44. The highest BCUT2D eigenvalue weighted by Gasteiger charge is 2.30. The summed E-state index contributed by atoms with van der Waals surface area (Å²) in [6, 6.07) is 0. The Morgan fingerprint density at radius 1 is 1.14 bits per heavy atom. The van der Waals surface area contributed by atoms with E-state index in [4.69, 9.17) is 0 Å². The summed E-state index contributed by atoms with van der Waals surface area (Å²) in [5, 5.41) is 8.34. The second-order valence-corrected chi connectivity index (χ2v) is 7.94. The molecule has 1 heterocycles. The van der Waals surface area contributed by atoms with Crippen molar-refractivity contribution in [2.45, 2.75) is 79.8 Å². The second-order valence-electron chi connectivity index (χ2n) is 7.15. The van der Waals surface area contributed by atoms with Gasteiger partial charge in [-0.3, -0.25) is 4.68 Å². The number of hydrogen-bond donors (Lipinski definition) is 1. The Morgan fingerprint density at radius 2 is 1.71 bits per heavy atom. The molecule has 1 N–H and O–H groups in total. The molecule has 0 aliphatic heterocycles. The van der Waals surface area contributed by atoms with E-state index in [1.807, 2.05) is 0 Å². The predicted octanol–water partition coefficient (Wildman–Crippen LogP) is 4.71. The molecule has 0 fully saturated rings. The van der Waals surface area contributed by atoms with Crippen LogP contribution in [0.4, 0.5) is 0 Å². The third kappa shape index (κ3) is 4.82. The molecule has 0 bridgehead atoms. The molecule has 1 aromatic rings. The van der Waals surface area contributed by atoms with Crippen LogP contribution in [0.1, 0.15) is 65.8 Å². The maximum absolute atomic E-state index is 4.64. The van der Waals surface area contributed by atoms with E-state index in [0.717, 1.165) is 25.2 Å². The Labute approximate surface area is 139 Å². The largest absolute Gasteiger partial charge is 0.312 e. The van der Waals surface area contributed by atoms with Gasteiger partial charge < -0.3 is 5.32 Å². The van der Waals surface area contributed by atoms with E-state index in [1.165, 1.54) is 23.0 Å². The molecule has 1 aromatic heterocycles. The third-order valence-electron chi connectivity index (χ3n) is 4.49. The van der Waals surface area contributed by atoms with Crippen LogP contribution >= 0.6 is 15.9 Å². The zero-order valence-corrected chi connectivity index (χ0v) is 16.4. The molecule has 0 saturated carbocycles. The molecule has 0 aliphatic carbocycles. The summed E-state index contributed by atoms with van der Waals surface area (Å²) < 4.78 is 3.34. The molecule has 21 heavy (non-hydrogen) atoms. The van der Waals surface area contributed by atoms with Crippen LogP contribution in [-0.4, -0.2) is 21.9 Å². The molecule has 0 amide bonds. The SMILES string of the molecule is CCn1nc(C)c(Br)c1CC(CC)(CC)CNC(C)(C)C. The summed E-state index contributed by atoms with van der Waals surface area (Å²) in [5.41, 5.74) is 2.88. The Morgan fingerprint density at radius 3 is 2.14 bits per heavy atom. The second kappa shape index (κ2) is 7.28. The lowest BCUT2D eigenvalue weighted by molar-refractivity contribution is 0.215. The molecule has 3 nitrogen and oxygen atoms in total. The maximum Gasteiger partial charge on any atom is 0.0738 e. The smallest absolute Gasteiger partial charge is 0.0738 e. The number of nitrogens with zero attached hydrogens (tertiary/aromatic N) is 2. The summed E-state index contributed by atoms with van der Waals surface area (Å²) in [4.78, 5) is 0. The number of hydrogen-bond acceptors (Lipinski definition) is 2. The number of aromatic nitrogens is 2. The van der Waals surface area contributed by atoms with Gasteiger partial charge >= 0.3 is 0 Å². The molecular formula is C17H32BrN3. The fourth-order valence-electron chi connectivity index (χ4n) is 2.66. The highest BCUT2D eigenvalue weighted by atomic mass is 79.9. The van der Waals surface area contributed by atoms with E-state index in [2.05, 4.69) is 79.5 Å². The monoisotopic (exact) mass is 357 g/mol. The first-order valence-corrected chi connectivity index (χ1v) is 8.94. The van der Waals surface area contributed by atoms with Crippen molar-refractivity contribution in [1.82, 2.24) is 15.1 Å². The summed E-state index contributed by atoms with van der Waals surface area (Å²) in [5.74, 6) is 0. The minimum Gasteiger partial charge on any atom is -0.312 e. The first-order valence-electron chi connectivity index (χ1n) is 8.15. The van der Waals surface area contributed by atoms with Gasteiger partial charge in [-0.2, -0.15) is 5.10 Å². The van der Waals surface area contributed by atoms with Crippen LogP contribution in [-0.2, 0) is 13.0 Å². The van der Waals surface area contributed by atoms with Gasteiger partial charge in [0.25, 0.3) is 0 Å². The molecule has 0 radical (unpaired) electrons. The minimum atomic E-state index is 0.160.